The first-order valence-electron chi connectivity index (χ1n) is 8.64. The lowest BCUT2D eigenvalue weighted by Crippen LogP contribution is -2.02. The van der Waals surface area contributed by atoms with Crippen LogP contribution in [0, 0.1) is 11.3 Å². The van der Waals surface area contributed by atoms with Crippen molar-refractivity contribution in [3.05, 3.63) is 78.9 Å². The lowest BCUT2D eigenvalue weighted by Gasteiger charge is -2.08. The van der Waals surface area contributed by atoms with Crippen molar-refractivity contribution in [2.75, 3.05) is 7.11 Å². The van der Waals surface area contributed by atoms with Crippen molar-refractivity contribution in [3.8, 4) is 23.1 Å². The summed E-state index contributed by atoms with van der Waals surface area (Å²) < 4.78 is 10.7. The van der Waals surface area contributed by atoms with Crippen LogP contribution < -0.4 is 10.4 Å². The number of nitrogens with zero attached hydrogens (tertiary/aromatic N) is 2. The van der Waals surface area contributed by atoms with Crippen molar-refractivity contribution >= 4 is 57.2 Å². The molecule has 0 radical (unpaired) electrons. The van der Waals surface area contributed by atoms with Crippen molar-refractivity contribution in [1.82, 2.24) is 4.98 Å². The zero-order valence-electron chi connectivity index (χ0n) is 15.5. The predicted octanol–water partition coefficient (Wildman–Crippen LogP) is 6.30. The Morgan fingerprint density at radius 1 is 1.27 bits per heavy atom. The van der Waals surface area contributed by atoms with E-state index in [1.165, 1.54) is 18.4 Å². The van der Waals surface area contributed by atoms with Gasteiger partial charge in [-0.1, -0.05) is 41.4 Å². The number of rotatable bonds is 4. The highest BCUT2D eigenvalue weighted by atomic mass is 35.5. The minimum Gasteiger partial charge on any atom is -0.495 e. The number of aromatic nitrogens is 1. The molecule has 5 nitrogen and oxygen atoms in total. The van der Waals surface area contributed by atoms with Crippen LogP contribution in [0.25, 0.3) is 33.9 Å². The average Bonchev–Trinajstić information content (AvgIpc) is 3.21. The summed E-state index contributed by atoms with van der Waals surface area (Å²) in [6, 6.07) is 14.3. The summed E-state index contributed by atoms with van der Waals surface area (Å²) in [5.74, 6) is 0.403. The lowest BCUT2D eigenvalue weighted by atomic mass is 10.1. The van der Waals surface area contributed by atoms with Gasteiger partial charge in [0.2, 0.25) is 0 Å². The van der Waals surface area contributed by atoms with E-state index in [9.17, 15) is 10.1 Å². The van der Waals surface area contributed by atoms with Gasteiger partial charge in [0.1, 0.15) is 22.4 Å². The first kappa shape index (κ1) is 20.2. The van der Waals surface area contributed by atoms with Gasteiger partial charge in [-0.05, 0) is 30.3 Å². The Labute approximate surface area is 185 Å². The van der Waals surface area contributed by atoms with Crippen molar-refractivity contribution < 1.29 is 9.15 Å². The zero-order chi connectivity index (χ0) is 21.3. The Kier molecular flexibility index (Phi) is 5.60. The monoisotopic (exact) mass is 454 g/mol. The van der Waals surface area contributed by atoms with Crippen LogP contribution in [0.1, 0.15) is 10.6 Å². The van der Waals surface area contributed by atoms with Gasteiger partial charge >= 0.3 is 5.63 Å². The van der Waals surface area contributed by atoms with E-state index in [2.05, 4.69) is 11.1 Å². The van der Waals surface area contributed by atoms with Crippen LogP contribution in [-0.2, 0) is 0 Å². The van der Waals surface area contributed by atoms with Crippen molar-refractivity contribution in [2.45, 2.75) is 0 Å². The third-order valence-corrected chi connectivity index (χ3v) is 5.69. The smallest absolute Gasteiger partial charge is 0.345 e. The minimum absolute atomic E-state index is 0.285. The summed E-state index contributed by atoms with van der Waals surface area (Å²) in [4.78, 5) is 16.9. The van der Waals surface area contributed by atoms with E-state index in [4.69, 9.17) is 32.4 Å². The third-order valence-electron chi connectivity index (χ3n) is 4.31. The summed E-state index contributed by atoms with van der Waals surface area (Å²) in [6.07, 6.45) is 1.60. The molecule has 0 N–H and O–H groups in total. The number of ether oxygens (including phenoxy) is 1. The Morgan fingerprint density at radius 2 is 2.07 bits per heavy atom. The average molecular weight is 455 g/mol. The largest absolute Gasteiger partial charge is 0.495 e. The number of nitriles is 1. The molecule has 0 aliphatic carbocycles. The maximum atomic E-state index is 12.4. The topological polar surface area (TPSA) is 76.1 Å². The normalized spacial score (nSPS) is 11.5. The second kappa shape index (κ2) is 8.33. The number of fused-ring (bicyclic) bond motifs is 1. The molecule has 4 aromatic rings. The van der Waals surface area contributed by atoms with Gasteiger partial charge < -0.3 is 9.15 Å². The Morgan fingerprint density at radius 3 is 2.83 bits per heavy atom. The molecule has 0 unspecified atom stereocenters. The molecule has 0 aliphatic rings. The summed E-state index contributed by atoms with van der Waals surface area (Å²) in [5.41, 5.74) is 1.62. The van der Waals surface area contributed by atoms with Gasteiger partial charge in [-0.25, -0.2) is 9.78 Å². The number of para-hydroxylation sites is 1. The maximum absolute atomic E-state index is 12.4. The highest BCUT2D eigenvalue weighted by molar-refractivity contribution is 7.11. The van der Waals surface area contributed by atoms with Crippen molar-refractivity contribution in [2.24, 2.45) is 0 Å². The van der Waals surface area contributed by atoms with Crippen LogP contribution in [-0.4, -0.2) is 12.1 Å². The standard InChI is InChI=1S/C22H12Cl2N2O3S/c1-28-20-13(7-15(23)9-17(20)24)6-14(10-25)21-26-18(11-30-21)16-8-12-4-2-3-5-19(12)29-22(16)27/h2-9,11H,1H3/b14-6+. The van der Waals surface area contributed by atoms with Gasteiger partial charge in [0, 0.05) is 21.4 Å². The molecule has 2 aromatic carbocycles. The van der Waals surface area contributed by atoms with E-state index in [1.807, 2.05) is 12.1 Å². The summed E-state index contributed by atoms with van der Waals surface area (Å²) in [5, 5.41) is 13.4. The quantitative estimate of drug-likeness (QED) is 0.267. The van der Waals surface area contributed by atoms with Crippen molar-refractivity contribution in [3.63, 3.8) is 0 Å². The number of hydrogen-bond acceptors (Lipinski definition) is 6. The Balaban J connectivity index is 1.79. The van der Waals surface area contributed by atoms with Gasteiger partial charge in [-0.3, -0.25) is 0 Å². The molecular weight excluding hydrogens is 443 g/mol. The molecule has 0 saturated heterocycles. The number of thiazole rings is 1. The second-order valence-corrected chi connectivity index (χ2v) is 7.90. The second-order valence-electron chi connectivity index (χ2n) is 6.20. The molecule has 0 atom stereocenters. The number of hydrogen-bond donors (Lipinski definition) is 0. The minimum atomic E-state index is -0.490. The number of benzene rings is 2. The van der Waals surface area contributed by atoms with E-state index in [0.29, 0.717) is 43.2 Å². The van der Waals surface area contributed by atoms with Gasteiger partial charge in [0.25, 0.3) is 0 Å². The van der Waals surface area contributed by atoms with Crippen LogP contribution in [0.3, 0.4) is 0 Å². The Hall–Kier alpha value is -3.11. The molecule has 2 aromatic heterocycles. The van der Waals surface area contributed by atoms with E-state index in [1.54, 1.807) is 41.8 Å². The first-order valence-corrected chi connectivity index (χ1v) is 10.3. The molecule has 4 rings (SSSR count). The molecule has 148 valence electrons. The van der Waals surface area contributed by atoms with Gasteiger partial charge in [0.15, 0.2) is 0 Å². The van der Waals surface area contributed by atoms with Crippen LogP contribution in [0.2, 0.25) is 10.0 Å². The molecule has 0 aliphatic heterocycles. The van der Waals surface area contributed by atoms with E-state index >= 15 is 0 Å². The summed E-state index contributed by atoms with van der Waals surface area (Å²) >= 11 is 13.5. The number of allylic oxidation sites excluding steroid dienone is 1. The van der Waals surface area contributed by atoms with Gasteiger partial charge in [0.05, 0.1) is 29.0 Å². The molecule has 0 amide bonds. The molecule has 0 fully saturated rings. The molecule has 2 heterocycles. The molecule has 30 heavy (non-hydrogen) atoms. The number of halogens is 2. The van der Waals surface area contributed by atoms with Crippen molar-refractivity contribution in [1.29, 1.82) is 5.26 Å². The fourth-order valence-electron chi connectivity index (χ4n) is 2.96. The molecule has 0 spiro atoms. The fraction of sp³-hybridized carbons (Fsp3) is 0.0455. The maximum Gasteiger partial charge on any atom is 0.345 e. The SMILES string of the molecule is COc1c(Cl)cc(Cl)cc1/C=C(\C#N)c1nc(-c2cc3ccccc3oc2=O)cs1. The number of methoxy groups -OCH3 is 1. The van der Waals surface area contributed by atoms with Crippen LogP contribution in [0.4, 0.5) is 0 Å². The molecule has 0 bridgehead atoms. The van der Waals surface area contributed by atoms with Gasteiger partial charge in [-0.2, -0.15) is 5.26 Å². The Bertz CT molecular complexity index is 1400. The first-order chi connectivity index (χ1) is 14.5. The summed E-state index contributed by atoms with van der Waals surface area (Å²) in [7, 11) is 1.49. The predicted molar refractivity (Wildman–Crippen MR) is 120 cm³/mol. The third kappa shape index (κ3) is 3.83. The molecular formula is C22H12Cl2N2O3S. The van der Waals surface area contributed by atoms with Gasteiger partial charge in [-0.15, -0.1) is 11.3 Å². The van der Waals surface area contributed by atoms with E-state index < -0.39 is 5.63 Å². The molecule has 8 heteroatoms. The van der Waals surface area contributed by atoms with Crippen LogP contribution in [0.15, 0.2) is 57.1 Å². The fourth-order valence-corrected chi connectivity index (χ4v) is 4.33. The highest BCUT2D eigenvalue weighted by Gasteiger charge is 2.15. The van der Waals surface area contributed by atoms with E-state index in [-0.39, 0.29) is 5.57 Å². The highest BCUT2D eigenvalue weighted by Crippen LogP contribution is 2.35. The van der Waals surface area contributed by atoms with E-state index in [0.717, 1.165) is 5.39 Å². The molecule has 0 saturated carbocycles. The lowest BCUT2D eigenvalue weighted by molar-refractivity contribution is 0.414. The van der Waals surface area contributed by atoms with Crippen LogP contribution >= 0.6 is 34.5 Å². The summed E-state index contributed by atoms with van der Waals surface area (Å²) in [6.45, 7) is 0. The zero-order valence-corrected chi connectivity index (χ0v) is 17.8. The van der Waals surface area contributed by atoms with Crippen LogP contribution in [0.5, 0.6) is 5.75 Å².